The van der Waals surface area contributed by atoms with E-state index in [4.69, 9.17) is 4.42 Å². The van der Waals surface area contributed by atoms with Crippen molar-refractivity contribution in [3.8, 4) is 0 Å². The number of carbonyl (C=O) groups is 1. The smallest absolute Gasteiger partial charge is 0.336 e. The summed E-state index contributed by atoms with van der Waals surface area (Å²) in [5, 5.41) is 3.08. The maximum absolute atomic E-state index is 12.6. The lowest BCUT2D eigenvalue weighted by Gasteiger charge is -2.37. The molecule has 1 aliphatic rings. The highest BCUT2D eigenvalue weighted by atomic mass is 32.2. The molecule has 0 saturated carbocycles. The predicted molar refractivity (Wildman–Crippen MR) is 108 cm³/mol. The number of nitrogens with one attached hydrogen (secondary N) is 2. The summed E-state index contributed by atoms with van der Waals surface area (Å²) in [4.78, 5) is 25.5. The number of urea groups is 1. The standard InChI is InChI=1S/C19H25N3O5S/c1-12(2)28(25,26)21-16-8-9-22(11-13(16)3)19(24)20-15-5-6-17-14(10-15)4-7-18(23)27-17/h4-7,10,12-13,16,21H,8-9,11H2,1-3H3,(H,20,24). The number of hydrogen-bond donors (Lipinski definition) is 2. The number of sulfonamides is 1. The van der Waals surface area contributed by atoms with Crippen molar-refractivity contribution < 1.29 is 17.6 Å². The fourth-order valence-electron chi connectivity index (χ4n) is 3.20. The second kappa shape index (κ2) is 7.92. The van der Waals surface area contributed by atoms with Gasteiger partial charge in [-0.05, 0) is 50.5 Å². The van der Waals surface area contributed by atoms with Crippen LogP contribution >= 0.6 is 0 Å². The second-order valence-corrected chi connectivity index (χ2v) is 9.74. The zero-order valence-electron chi connectivity index (χ0n) is 16.1. The summed E-state index contributed by atoms with van der Waals surface area (Å²) in [7, 11) is -3.34. The van der Waals surface area contributed by atoms with Crippen LogP contribution in [0.1, 0.15) is 27.2 Å². The van der Waals surface area contributed by atoms with Crippen molar-refractivity contribution in [2.75, 3.05) is 18.4 Å². The molecule has 2 heterocycles. The van der Waals surface area contributed by atoms with E-state index in [1.807, 2.05) is 6.92 Å². The minimum atomic E-state index is -3.34. The van der Waals surface area contributed by atoms with Crippen molar-refractivity contribution in [2.45, 2.75) is 38.5 Å². The maximum Gasteiger partial charge on any atom is 0.336 e. The minimum absolute atomic E-state index is 0.00102. The Morgan fingerprint density at radius 2 is 2.00 bits per heavy atom. The third-order valence-electron chi connectivity index (χ3n) is 5.00. The molecule has 2 N–H and O–H groups in total. The molecule has 2 amide bonds. The first-order chi connectivity index (χ1) is 13.2. The lowest BCUT2D eigenvalue weighted by Crippen LogP contribution is -2.53. The first-order valence-electron chi connectivity index (χ1n) is 9.26. The molecule has 2 aromatic rings. The third kappa shape index (κ3) is 4.53. The van der Waals surface area contributed by atoms with Crippen LogP contribution in [0.2, 0.25) is 0 Å². The minimum Gasteiger partial charge on any atom is -0.423 e. The number of anilines is 1. The van der Waals surface area contributed by atoms with Crippen molar-refractivity contribution in [1.82, 2.24) is 9.62 Å². The average Bonchev–Trinajstić information content (AvgIpc) is 2.63. The number of hydrogen-bond acceptors (Lipinski definition) is 5. The Hall–Kier alpha value is -2.39. The molecule has 3 rings (SSSR count). The number of fused-ring (bicyclic) bond motifs is 1. The molecular formula is C19H25N3O5S. The third-order valence-corrected chi connectivity index (χ3v) is 6.87. The van der Waals surface area contributed by atoms with Gasteiger partial charge in [0, 0.05) is 36.3 Å². The largest absolute Gasteiger partial charge is 0.423 e. The molecule has 1 aromatic carbocycles. The number of carbonyl (C=O) groups excluding carboxylic acids is 1. The molecular weight excluding hydrogens is 382 g/mol. The lowest BCUT2D eigenvalue weighted by atomic mass is 9.95. The monoisotopic (exact) mass is 407 g/mol. The Balaban J connectivity index is 1.63. The molecule has 152 valence electrons. The number of likely N-dealkylation sites (tertiary alicyclic amines) is 1. The first kappa shape index (κ1) is 20.3. The zero-order chi connectivity index (χ0) is 20.5. The van der Waals surface area contributed by atoms with Crippen LogP contribution in [0, 0.1) is 5.92 Å². The second-order valence-electron chi connectivity index (χ2n) is 7.47. The van der Waals surface area contributed by atoms with Crippen LogP contribution in [0.25, 0.3) is 11.0 Å². The molecule has 1 aliphatic heterocycles. The summed E-state index contributed by atoms with van der Waals surface area (Å²) in [6.45, 7) is 6.14. The molecule has 28 heavy (non-hydrogen) atoms. The van der Waals surface area contributed by atoms with Crippen molar-refractivity contribution in [3.63, 3.8) is 0 Å². The average molecular weight is 407 g/mol. The van der Waals surface area contributed by atoms with Crippen LogP contribution in [0.5, 0.6) is 0 Å². The Kier molecular flexibility index (Phi) is 5.76. The lowest BCUT2D eigenvalue weighted by molar-refractivity contribution is 0.167. The van der Waals surface area contributed by atoms with E-state index in [-0.39, 0.29) is 18.0 Å². The SMILES string of the molecule is CC1CN(C(=O)Nc2ccc3oc(=O)ccc3c2)CCC1NS(=O)(=O)C(C)C. The highest BCUT2D eigenvalue weighted by Crippen LogP contribution is 2.21. The van der Waals surface area contributed by atoms with Gasteiger partial charge in [0.1, 0.15) is 5.58 Å². The molecule has 8 nitrogen and oxygen atoms in total. The quantitative estimate of drug-likeness (QED) is 0.757. The normalized spacial score (nSPS) is 20.5. The van der Waals surface area contributed by atoms with Crippen LogP contribution in [0.15, 0.2) is 39.5 Å². The van der Waals surface area contributed by atoms with Crippen LogP contribution in [-0.2, 0) is 10.0 Å². The van der Waals surface area contributed by atoms with E-state index in [2.05, 4.69) is 10.0 Å². The number of amides is 2. The number of benzene rings is 1. The topological polar surface area (TPSA) is 109 Å². The first-order valence-corrected chi connectivity index (χ1v) is 10.8. The zero-order valence-corrected chi connectivity index (χ0v) is 17.0. The Morgan fingerprint density at radius 1 is 1.25 bits per heavy atom. The molecule has 1 aromatic heterocycles. The molecule has 2 unspecified atom stereocenters. The van der Waals surface area contributed by atoms with Gasteiger partial charge in [0.2, 0.25) is 10.0 Å². The Morgan fingerprint density at radius 3 is 2.68 bits per heavy atom. The van der Waals surface area contributed by atoms with E-state index in [1.54, 1.807) is 43.0 Å². The van der Waals surface area contributed by atoms with Crippen LogP contribution in [0.4, 0.5) is 10.5 Å². The molecule has 0 bridgehead atoms. The van der Waals surface area contributed by atoms with Crippen LogP contribution < -0.4 is 15.7 Å². The fourth-order valence-corrected chi connectivity index (χ4v) is 4.25. The summed E-state index contributed by atoms with van der Waals surface area (Å²) >= 11 is 0. The number of piperidine rings is 1. The van der Waals surface area contributed by atoms with E-state index in [0.29, 0.717) is 36.2 Å². The van der Waals surface area contributed by atoms with Crippen LogP contribution in [0.3, 0.4) is 0 Å². The summed E-state index contributed by atoms with van der Waals surface area (Å²) < 4.78 is 32.0. The van der Waals surface area contributed by atoms with Gasteiger partial charge in [0.15, 0.2) is 0 Å². The van der Waals surface area contributed by atoms with E-state index in [9.17, 15) is 18.0 Å². The van der Waals surface area contributed by atoms with Gasteiger partial charge in [-0.2, -0.15) is 0 Å². The van der Waals surface area contributed by atoms with Gasteiger partial charge in [0.05, 0.1) is 5.25 Å². The molecule has 0 aliphatic carbocycles. The predicted octanol–water partition coefficient (Wildman–Crippen LogP) is 2.36. The highest BCUT2D eigenvalue weighted by molar-refractivity contribution is 7.90. The summed E-state index contributed by atoms with van der Waals surface area (Å²) in [5.41, 5.74) is 0.633. The van der Waals surface area contributed by atoms with Gasteiger partial charge in [-0.1, -0.05) is 6.92 Å². The van der Waals surface area contributed by atoms with Crippen molar-refractivity contribution in [1.29, 1.82) is 0 Å². The van der Waals surface area contributed by atoms with Gasteiger partial charge in [0.25, 0.3) is 0 Å². The van der Waals surface area contributed by atoms with E-state index >= 15 is 0 Å². The Bertz CT molecular complexity index is 1030. The van der Waals surface area contributed by atoms with E-state index in [0.717, 1.165) is 0 Å². The van der Waals surface area contributed by atoms with Gasteiger partial charge < -0.3 is 14.6 Å². The van der Waals surface area contributed by atoms with E-state index < -0.39 is 20.9 Å². The van der Waals surface area contributed by atoms with Gasteiger partial charge >= 0.3 is 11.7 Å². The van der Waals surface area contributed by atoms with Crippen molar-refractivity contribution in [2.24, 2.45) is 5.92 Å². The molecule has 9 heteroatoms. The maximum atomic E-state index is 12.6. The van der Waals surface area contributed by atoms with Gasteiger partial charge in [-0.15, -0.1) is 0 Å². The van der Waals surface area contributed by atoms with Gasteiger partial charge in [-0.3, -0.25) is 0 Å². The Labute approximate surface area is 164 Å². The fraction of sp³-hybridized carbons (Fsp3) is 0.474. The van der Waals surface area contributed by atoms with Crippen LogP contribution in [-0.4, -0.2) is 43.7 Å². The van der Waals surface area contributed by atoms with Crippen molar-refractivity contribution >= 4 is 32.7 Å². The number of nitrogens with zero attached hydrogens (tertiary/aromatic N) is 1. The molecule has 1 fully saturated rings. The summed E-state index contributed by atoms with van der Waals surface area (Å²) in [5.74, 6) is -0.00102. The molecule has 1 saturated heterocycles. The van der Waals surface area contributed by atoms with Crippen molar-refractivity contribution in [3.05, 3.63) is 40.8 Å². The molecule has 0 radical (unpaired) electrons. The highest BCUT2D eigenvalue weighted by Gasteiger charge is 2.32. The summed E-state index contributed by atoms with van der Waals surface area (Å²) in [6.07, 6.45) is 0.559. The number of rotatable bonds is 4. The molecule has 0 spiro atoms. The van der Waals surface area contributed by atoms with E-state index in [1.165, 1.54) is 6.07 Å². The van der Waals surface area contributed by atoms with Gasteiger partial charge in [-0.25, -0.2) is 22.7 Å². The molecule has 2 atom stereocenters. The summed E-state index contributed by atoms with van der Waals surface area (Å²) in [6, 6.07) is 7.61.